The zero-order valence-corrected chi connectivity index (χ0v) is 9.22. The van der Waals surface area contributed by atoms with Crippen LogP contribution in [-0.4, -0.2) is 32.3 Å². The zero-order valence-electron chi connectivity index (χ0n) is 8.40. The number of carbonyl (C=O) groups excluding carboxylic acids is 1. The molecule has 0 aromatic carbocycles. The molecular weight excluding hydrogens is 202 g/mol. The standard InChI is InChI=1S/C9H17NO3S/c1-14(12,13)5-4-9(11)7-2-3-8(10)6-7/h7-8H,2-6,10H2,1H3. The van der Waals surface area contributed by atoms with Crippen molar-refractivity contribution in [2.24, 2.45) is 11.7 Å². The number of Topliss-reactive ketones (excluding diaryl/α,β-unsaturated/α-hetero) is 1. The van der Waals surface area contributed by atoms with E-state index in [2.05, 4.69) is 0 Å². The Balaban J connectivity index is 2.36. The van der Waals surface area contributed by atoms with Gasteiger partial charge in [0.25, 0.3) is 0 Å². The van der Waals surface area contributed by atoms with Gasteiger partial charge in [-0.25, -0.2) is 8.42 Å². The Morgan fingerprint density at radius 3 is 2.50 bits per heavy atom. The Kier molecular flexibility index (Phi) is 3.66. The van der Waals surface area contributed by atoms with Gasteiger partial charge in [0.05, 0.1) is 5.75 Å². The average molecular weight is 219 g/mol. The maximum Gasteiger partial charge on any atom is 0.147 e. The topological polar surface area (TPSA) is 77.2 Å². The van der Waals surface area contributed by atoms with Crippen molar-refractivity contribution < 1.29 is 13.2 Å². The summed E-state index contributed by atoms with van der Waals surface area (Å²) in [5.41, 5.74) is 5.67. The minimum absolute atomic E-state index is 0.00625. The van der Waals surface area contributed by atoms with E-state index in [1.165, 1.54) is 0 Å². The minimum atomic E-state index is -3.01. The third-order valence-electron chi connectivity index (χ3n) is 2.65. The van der Waals surface area contributed by atoms with Gasteiger partial charge in [0.1, 0.15) is 15.6 Å². The average Bonchev–Trinajstić information content (AvgIpc) is 2.46. The summed E-state index contributed by atoms with van der Waals surface area (Å²) in [5.74, 6) is 0.0347. The lowest BCUT2D eigenvalue weighted by Gasteiger charge is -2.07. The van der Waals surface area contributed by atoms with Gasteiger partial charge >= 0.3 is 0 Å². The van der Waals surface area contributed by atoms with Crippen molar-refractivity contribution in [2.75, 3.05) is 12.0 Å². The monoisotopic (exact) mass is 219 g/mol. The Hall–Kier alpha value is -0.420. The van der Waals surface area contributed by atoms with E-state index in [1.54, 1.807) is 0 Å². The molecule has 5 heteroatoms. The summed E-state index contributed by atoms with van der Waals surface area (Å²) in [5, 5.41) is 0. The smallest absolute Gasteiger partial charge is 0.147 e. The second-order valence-electron chi connectivity index (χ2n) is 4.12. The van der Waals surface area contributed by atoms with Gasteiger partial charge in [0.2, 0.25) is 0 Å². The number of sulfone groups is 1. The lowest BCUT2D eigenvalue weighted by molar-refractivity contribution is -0.122. The van der Waals surface area contributed by atoms with Crippen LogP contribution in [0.4, 0.5) is 0 Å². The van der Waals surface area contributed by atoms with E-state index in [0.717, 1.165) is 25.5 Å². The molecule has 14 heavy (non-hydrogen) atoms. The summed E-state index contributed by atoms with van der Waals surface area (Å²) in [6.45, 7) is 0. The van der Waals surface area contributed by atoms with Crippen LogP contribution in [0, 0.1) is 5.92 Å². The first kappa shape index (κ1) is 11.7. The van der Waals surface area contributed by atoms with E-state index in [9.17, 15) is 13.2 Å². The normalized spacial score (nSPS) is 27.9. The summed E-state index contributed by atoms with van der Waals surface area (Å²) in [6, 6.07) is 0.127. The molecule has 0 saturated heterocycles. The van der Waals surface area contributed by atoms with Gasteiger partial charge in [-0.05, 0) is 19.3 Å². The first-order valence-electron chi connectivity index (χ1n) is 4.84. The molecule has 1 saturated carbocycles. The zero-order chi connectivity index (χ0) is 10.8. The Morgan fingerprint density at radius 1 is 1.43 bits per heavy atom. The molecule has 0 aliphatic heterocycles. The number of hydrogen-bond donors (Lipinski definition) is 1. The molecule has 0 heterocycles. The summed E-state index contributed by atoms with van der Waals surface area (Å²) >= 11 is 0. The predicted octanol–water partition coefficient (Wildman–Crippen LogP) is 0.118. The van der Waals surface area contributed by atoms with Crippen LogP contribution in [0.1, 0.15) is 25.7 Å². The fraction of sp³-hybridized carbons (Fsp3) is 0.889. The van der Waals surface area contributed by atoms with Gasteiger partial charge < -0.3 is 5.73 Å². The van der Waals surface area contributed by atoms with Crippen LogP contribution in [0.15, 0.2) is 0 Å². The molecule has 1 aliphatic carbocycles. The van der Waals surface area contributed by atoms with Crippen LogP contribution in [0.25, 0.3) is 0 Å². The third kappa shape index (κ3) is 3.75. The predicted molar refractivity (Wildman–Crippen MR) is 54.7 cm³/mol. The largest absolute Gasteiger partial charge is 0.328 e. The minimum Gasteiger partial charge on any atom is -0.328 e. The second kappa shape index (κ2) is 4.40. The first-order chi connectivity index (χ1) is 6.38. The molecule has 2 N–H and O–H groups in total. The summed E-state index contributed by atoms with van der Waals surface area (Å²) in [7, 11) is -3.01. The quantitative estimate of drug-likeness (QED) is 0.728. The van der Waals surface area contributed by atoms with Crippen LogP contribution >= 0.6 is 0 Å². The summed E-state index contributed by atoms with van der Waals surface area (Å²) in [6.07, 6.45) is 3.73. The van der Waals surface area contributed by atoms with Gasteiger partial charge in [0.15, 0.2) is 0 Å². The van der Waals surface area contributed by atoms with Crippen molar-refractivity contribution in [1.82, 2.24) is 0 Å². The highest BCUT2D eigenvalue weighted by atomic mass is 32.2. The van der Waals surface area contributed by atoms with Crippen molar-refractivity contribution in [1.29, 1.82) is 0 Å². The van der Waals surface area contributed by atoms with Crippen LogP contribution in [0.2, 0.25) is 0 Å². The highest BCUT2D eigenvalue weighted by molar-refractivity contribution is 7.90. The maximum atomic E-state index is 11.5. The molecule has 82 valence electrons. The molecule has 2 atom stereocenters. The van der Waals surface area contributed by atoms with Crippen molar-refractivity contribution in [3.05, 3.63) is 0 Å². The molecular formula is C9H17NO3S. The fourth-order valence-electron chi connectivity index (χ4n) is 1.80. The molecule has 2 unspecified atom stereocenters. The van der Waals surface area contributed by atoms with Crippen molar-refractivity contribution >= 4 is 15.6 Å². The van der Waals surface area contributed by atoms with Crippen LogP contribution in [-0.2, 0) is 14.6 Å². The first-order valence-corrected chi connectivity index (χ1v) is 6.90. The van der Waals surface area contributed by atoms with E-state index in [4.69, 9.17) is 5.73 Å². The molecule has 4 nitrogen and oxygen atoms in total. The van der Waals surface area contributed by atoms with Gasteiger partial charge in [-0.3, -0.25) is 4.79 Å². The molecule has 0 radical (unpaired) electrons. The molecule has 0 bridgehead atoms. The van der Waals surface area contributed by atoms with E-state index in [1.807, 2.05) is 0 Å². The number of hydrogen-bond acceptors (Lipinski definition) is 4. The van der Waals surface area contributed by atoms with E-state index >= 15 is 0 Å². The second-order valence-corrected chi connectivity index (χ2v) is 6.38. The molecule has 0 aromatic heterocycles. The molecule has 1 aliphatic rings. The lowest BCUT2D eigenvalue weighted by atomic mass is 10.0. The molecule has 1 fully saturated rings. The molecule has 1 rings (SSSR count). The number of carbonyl (C=O) groups is 1. The van der Waals surface area contributed by atoms with Crippen LogP contribution in [0.3, 0.4) is 0 Å². The molecule has 0 aromatic rings. The number of rotatable bonds is 4. The molecule has 0 spiro atoms. The molecule has 0 amide bonds. The highest BCUT2D eigenvalue weighted by Crippen LogP contribution is 2.25. The highest BCUT2D eigenvalue weighted by Gasteiger charge is 2.27. The van der Waals surface area contributed by atoms with Crippen LogP contribution < -0.4 is 5.73 Å². The van der Waals surface area contributed by atoms with Gasteiger partial charge in [-0.1, -0.05) is 0 Å². The Labute approximate surface area is 84.8 Å². The van der Waals surface area contributed by atoms with Crippen LogP contribution in [0.5, 0.6) is 0 Å². The number of nitrogens with two attached hydrogens (primary N) is 1. The Bertz CT molecular complexity index is 310. The SMILES string of the molecule is CS(=O)(=O)CCC(=O)C1CCC(N)C1. The van der Waals surface area contributed by atoms with E-state index in [-0.39, 0.29) is 29.9 Å². The van der Waals surface area contributed by atoms with E-state index in [0.29, 0.717) is 0 Å². The fourth-order valence-corrected chi connectivity index (χ4v) is 2.37. The van der Waals surface area contributed by atoms with Gasteiger partial charge in [0, 0.05) is 24.6 Å². The lowest BCUT2D eigenvalue weighted by Crippen LogP contribution is -2.19. The van der Waals surface area contributed by atoms with Crippen molar-refractivity contribution in [3.8, 4) is 0 Å². The number of ketones is 1. The summed E-state index contributed by atoms with van der Waals surface area (Å²) in [4.78, 5) is 11.5. The van der Waals surface area contributed by atoms with Crippen molar-refractivity contribution in [2.45, 2.75) is 31.7 Å². The van der Waals surface area contributed by atoms with Gasteiger partial charge in [-0.15, -0.1) is 0 Å². The third-order valence-corrected chi connectivity index (χ3v) is 3.59. The van der Waals surface area contributed by atoms with E-state index < -0.39 is 9.84 Å². The summed E-state index contributed by atoms with van der Waals surface area (Å²) < 4.78 is 21.7. The Morgan fingerprint density at radius 2 is 2.07 bits per heavy atom. The van der Waals surface area contributed by atoms with Gasteiger partial charge in [-0.2, -0.15) is 0 Å². The maximum absolute atomic E-state index is 11.5. The van der Waals surface area contributed by atoms with Crippen molar-refractivity contribution in [3.63, 3.8) is 0 Å².